The van der Waals surface area contributed by atoms with Gasteiger partial charge in [-0.2, -0.15) is 0 Å². The number of hydrogen-bond acceptors (Lipinski definition) is 6. The van der Waals surface area contributed by atoms with Gasteiger partial charge in [-0.1, -0.05) is 25.4 Å². The van der Waals surface area contributed by atoms with Gasteiger partial charge in [0.25, 0.3) is 10.0 Å². The quantitative estimate of drug-likeness (QED) is 0.546. The number of sulfonamides is 1. The van der Waals surface area contributed by atoms with E-state index in [1.165, 1.54) is 20.3 Å². The fourth-order valence-corrected chi connectivity index (χ4v) is 4.43. The van der Waals surface area contributed by atoms with Gasteiger partial charge in [0.15, 0.2) is 11.5 Å². The molecule has 0 fully saturated rings. The van der Waals surface area contributed by atoms with Crippen molar-refractivity contribution in [1.29, 1.82) is 0 Å². The lowest BCUT2D eigenvalue weighted by atomic mass is 10.2. The number of methoxy groups -OCH3 is 2. The number of ether oxygens (including phenoxy) is 3. The fourth-order valence-electron chi connectivity index (χ4n) is 2.96. The molecule has 0 radical (unpaired) electrons. The zero-order chi connectivity index (χ0) is 22.3. The van der Waals surface area contributed by atoms with Crippen LogP contribution in [0.5, 0.6) is 17.2 Å². The van der Waals surface area contributed by atoms with E-state index in [9.17, 15) is 8.42 Å². The van der Waals surface area contributed by atoms with Crippen LogP contribution in [0.25, 0.3) is 0 Å². The number of nitrogens with one attached hydrogen (secondary N) is 1. The number of nitrogens with zero attached hydrogens (tertiary/aromatic N) is 1. The number of hydrogen-bond donors (Lipinski definition) is 1. The maximum Gasteiger partial charge on any atom is 0.262 e. The highest BCUT2D eigenvalue weighted by Gasteiger charge is 2.21. The second kappa shape index (κ2) is 10.7. The molecule has 2 aromatic rings. The summed E-state index contributed by atoms with van der Waals surface area (Å²) in [5.41, 5.74) is 0.885. The van der Waals surface area contributed by atoms with Crippen molar-refractivity contribution < 1.29 is 22.6 Å². The van der Waals surface area contributed by atoms with Gasteiger partial charge in [0, 0.05) is 18.7 Å². The Morgan fingerprint density at radius 3 is 2.23 bits per heavy atom. The van der Waals surface area contributed by atoms with E-state index in [4.69, 9.17) is 25.8 Å². The summed E-state index contributed by atoms with van der Waals surface area (Å²) in [5.74, 6) is 1.22. The van der Waals surface area contributed by atoms with E-state index in [2.05, 4.69) is 23.5 Å². The van der Waals surface area contributed by atoms with Gasteiger partial charge in [0.05, 0.1) is 29.8 Å². The van der Waals surface area contributed by atoms with Crippen molar-refractivity contribution in [3.8, 4) is 17.2 Å². The summed E-state index contributed by atoms with van der Waals surface area (Å²) in [4.78, 5) is 2.32. The molecule has 0 saturated carbocycles. The largest absolute Gasteiger partial charge is 0.493 e. The fraction of sp³-hybridized carbons (Fsp3) is 0.429. The van der Waals surface area contributed by atoms with Gasteiger partial charge < -0.3 is 19.1 Å². The van der Waals surface area contributed by atoms with Crippen molar-refractivity contribution in [3.63, 3.8) is 0 Å². The maximum atomic E-state index is 13.0. The van der Waals surface area contributed by atoms with Crippen molar-refractivity contribution in [1.82, 2.24) is 4.90 Å². The van der Waals surface area contributed by atoms with Gasteiger partial charge >= 0.3 is 0 Å². The van der Waals surface area contributed by atoms with Gasteiger partial charge in [-0.15, -0.1) is 0 Å². The molecule has 2 rings (SSSR count). The molecule has 0 amide bonds. The molecule has 0 aromatic heterocycles. The molecular weight excluding hydrogens is 428 g/mol. The second-order valence-electron chi connectivity index (χ2n) is 6.60. The predicted octanol–water partition coefficient (Wildman–Crippen LogP) is 4.19. The summed E-state index contributed by atoms with van der Waals surface area (Å²) in [6, 6.07) is 7.84. The zero-order valence-corrected chi connectivity index (χ0v) is 19.6. The van der Waals surface area contributed by atoms with Gasteiger partial charge in [-0.3, -0.25) is 4.72 Å². The van der Waals surface area contributed by atoms with Gasteiger partial charge in [-0.05, 0) is 43.8 Å². The van der Waals surface area contributed by atoms with Crippen LogP contribution in [0.1, 0.15) is 19.4 Å². The molecule has 0 aliphatic rings. The summed E-state index contributed by atoms with van der Waals surface area (Å²) in [5, 5.41) is 0.416. The number of aryl methyl sites for hydroxylation is 1. The van der Waals surface area contributed by atoms with Gasteiger partial charge in [0.1, 0.15) is 12.4 Å². The topological polar surface area (TPSA) is 77.1 Å². The van der Waals surface area contributed by atoms with Crippen LogP contribution in [-0.4, -0.2) is 53.8 Å². The van der Waals surface area contributed by atoms with Crippen LogP contribution in [-0.2, 0) is 10.0 Å². The lowest BCUT2D eigenvalue weighted by molar-refractivity contribution is 0.223. The molecule has 30 heavy (non-hydrogen) atoms. The molecule has 0 aliphatic heterocycles. The van der Waals surface area contributed by atoms with E-state index < -0.39 is 10.0 Å². The molecule has 0 bridgehead atoms. The van der Waals surface area contributed by atoms with E-state index in [0.717, 1.165) is 19.6 Å². The number of likely N-dealkylation sites (N-methyl/N-ethyl adjacent to an activating group) is 1. The Bertz CT molecular complexity index is 962. The summed E-state index contributed by atoms with van der Waals surface area (Å²) in [6.45, 7) is 8.93. The summed E-state index contributed by atoms with van der Waals surface area (Å²) < 4.78 is 44.8. The minimum atomic E-state index is -3.87. The lowest BCUT2D eigenvalue weighted by Gasteiger charge is -2.19. The maximum absolute atomic E-state index is 13.0. The smallest absolute Gasteiger partial charge is 0.262 e. The van der Waals surface area contributed by atoms with E-state index in [0.29, 0.717) is 40.1 Å². The van der Waals surface area contributed by atoms with Crippen molar-refractivity contribution in [3.05, 3.63) is 40.9 Å². The number of halogens is 1. The predicted molar refractivity (Wildman–Crippen MR) is 120 cm³/mol. The Morgan fingerprint density at radius 1 is 1.00 bits per heavy atom. The Morgan fingerprint density at radius 2 is 1.63 bits per heavy atom. The zero-order valence-electron chi connectivity index (χ0n) is 18.0. The molecule has 7 nitrogen and oxygen atoms in total. The highest BCUT2D eigenvalue weighted by atomic mass is 35.5. The first-order valence-corrected chi connectivity index (χ1v) is 11.5. The summed E-state index contributed by atoms with van der Waals surface area (Å²) >= 11 is 6.22. The molecule has 166 valence electrons. The number of rotatable bonds is 11. The summed E-state index contributed by atoms with van der Waals surface area (Å²) in [7, 11) is -0.910. The van der Waals surface area contributed by atoms with Crippen LogP contribution in [0.15, 0.2) is 35.2 Å². The molecule has 2 aromatic carbocycles. The van der Waals surface area contributed by atoms with Crippen LogP contribution in [0.4, 0.5) is 5.69 Å². The number of anilines is 1. The van der Waals surface area contributed by atoms with Crippen LogP contribution < -0.4 is 18.9 Å². The van der Waals surface area contributed by atoms with Crippen molar-refractivity contribution in [2.75, 3.05) is 45.2 Å². The van der Waals surface area contributed by atoms with E-state index in [1.54, 1.807) is 31.2 Å². The van der Waals surface area contributed by atoms with Crippen molar-refractivity contribution >= 4 is 27.3 Å². The van der Waals surface area contributed by atoms with Crippen LogP contribution >= 0.6 is 11.6 Å². The van der Waals surface area contributed by atoms with Crippen LogP contribution in [0, 0.1) is 6.92 Å². The molecule has 1 N–H and O–H groups in total. The minimum absolute atomic E-state index is 0.0964. The number of benzene rings is 2. The highest BCUT2D eigenvalue weighted by Crippen LogP contribution is 2.34. The minimum Gasteiger partial charge on any atom is -0.493 e. The molecular formula is C21H29ClN2O5S. The normalized spacial score (nSPS) is 11.4. The standard InChI is InChI=1S/C21H29ClN2O5S/c1-6-24(7-2)10-11-29-18-13-16(8-9-17(18)22)23-30(25,26)21-14-20(28-5)19(27-4)12-15(21)3/h8-9,12-14,23H,6-7,10-11H2,1-5H3. The van der Waals surface area contributed by atoms with E-state index in [1.807, 2.05) is 0 Å². The molecule has 0 heterocycles. The molecule has 0 spiro atoms. The molecule has 0 saturated heterocycles. The third kappa shape index (κ3) is 5.93. The molecule has 0 aliphatic carbocycles. The third-order valence-electron chi connectivity index (χ3n) is 4.71. The van der Waals surface area contributed by atoms with Crippen molar-refractivity contribution in [2.24, 2.45) is 0 Å². The monoisotopic (exact) mass is 456 g/mol. The average molecular weight is 457 g/mol. The van der Waals surface area contributed by atoms with Gasteiger partial charge in [-0.25, -0.2) is 8.42 Å². The third-order valence-corrected chi connectivity index (χ3v) is 6.55. The summed E-state index contributed by atoms with van der Waals surface area (Å²) in [6.07, 6.45) is 0. The average Bonchev–Trinajstić information content (AvgIpc) is 2.72. The molecule has 0 atom stereocenters. The first kappa shape index (κ1) is 24.1. The van der Waals surface area contributed by atoms with Gasteiger partial charge in [0.2, 0.25) is 0 Å². The first-order valence-electron chi connectivity index (χ1n) is 9.65. The van der Waals surface area contributed by atoms with Crippen LogP contribution in [0.3, 0.4) is 0 Å². The Hall–Kier alpha value is -2.16. The Labute approximate surface area is 183 Å². The first-order chi connectivity index (χ1) is 14.2. The highest BCUT2D eigenvalue weighted by molar-refractivity contribution is 7.92. The molecule has 0 unspecified atom stereocenters. The van der Waals surface area contributed by atoms with E-state index >= 15 is 0 Å². The SMILES string of the molecule is CCN(CC)CCOc1cc(NS(=O)(=O)c2cc(OC)c(OC)cc2C)ccc1Cl. The van der Waals surface area contributed by atoms with Crippen LogP contribution in [0.2, 0.25) is 5.02 Å². The Kier molecular flexibility index (Phi) is 8.64. The lowest BCUT2D eigenvalue weighted by Crippen LogP contribution is -2.27. The second-order valence-corrected chi connectivity index (χ2v) is 8.66. The Balaban J connectivity index is 2.23. The van der Waals surface area contributed by atoms with Crippen molar-refractivity contribution in [2.45, 2.75) is 25.7 Å². The van der Waals surface area contributed by atoms with E-state index in [-0.39, 0.29) is 4.90 Å². The molecule has 9 heteroatoms.